The molecular weight excluding hydrogens is 374 g/mol. The van der Waals surface area contributed by atoms with Gasteiger partial charge in [0.05, 0.1) is 5.02 Å². The van der Waals surface area contributed by atoms with Crippen molar-refractivity contribution < 1.29 is 24.0 Å². The number of hydrogen-bond acceptors (Lipinski definition) is 6. The molecule has 0 unspecified atom stereocenters. The van der Waals surface area contributed by atoms with Crippen LogP contribution in [0.5, 0.6) is 5.75 Å². The molecule has 1 heterocycles. The average molecular weight is 394 g/mol. The van der Waals surface area contributed by atoms with Gasteiger partial charge in [0.1, 0.15) is 5.75 Å². The van der Waals surface area contributed by atoms with Crippen molar-refractivity contribution in [1.82, 2.24) is 10.1 Å². The van der Waals surface area contributed by atoms with E-state index in [0.717, 1.165) is 18.7 Å². The van der Waals surface area contributed by atoms with Crippen LogP contribution in [0.4, 0.5) is 5.69 Å². The fourth-order valence-corrected chi connectivity index (χ4v) is 3.23. The zero-order chi connectivity index (χ0) is 19.2. The van der Waals surface area contributed by atoms with Gasteiger partial charge in [-0.2, -0.15) is 4.98 Å². The quantitative estimate of drug-likeness (QED) is 0.706. The second-order valence-electron chi connectivity index (χ2n) is 6.40. The predicted molar refractivity (Wildman–Crippen MR) is 97.0 cm³/mol. The number of nitrogens with one attached hydrogen (secondary N) is 1. The molecule has 8 nitrogen and oxygen atoms in total. The Hall–Kier alpha value is -2.61. The molecule has 144 valence electrons. The van der Waals surface area contributed by atoms with Crippen molar-refractivity contribution in [2.75, 3.05) is 11.9 Å². The molecule has 1 amide bonds. The Bertz CT molecular complexity index is 817. The van der Waals surface area contributed by atoms with Gasteiger partial charge in [0, 0.05) is 24.4 Å². The Morgan fingerprint density at radius 3 is 2.81 bits per heavy atom. The average Bonchev–Trinajstić information content (AvgIpc) is 3.30. The van der Waals surface area contributed by atoms with Gasteiger partial charge in [-0.15, -0.1) is 0 Å². The van der Waals surface area contributed by atoms with Crippen molar-refractivity contribution >= 4 is 29.2 Å². The minimum absolute atomic E-state index is 0.196. The van der Waals surface area contributed by atoms with E-state index in [1.165, 1.54) is 25.0 Å². The largest absolute Gasteiger partial charge is 0.480 e. The van der Waals surface area contributed by atoms with Crippen LogP contribution in [0.3, 0.4) is 0 Å². The highest BCUT2D eigenvalue weighted by Crippen LogP contribution is 2.32. The third-order valence-electron chi connectivity index (χ3n) is 4.34. The number of aliphatic carboxylic acids is 1. The van der Waals surface area contributed by atoms with Crippen molar-refractivity contribution in [3.05, 3.63) is 34.9 Å². The number of aromatic nitrogens is 2. The number of benzene rings is 1. The van der Waals surface area contributed by atoms with Crippen molar-refractivity contribution in [3.8, 4) is 5.75 Å². The van der Waals surface area contributed by atoms with E-state index in [4.69, 9.17) is 26.0 Å². The third kappa shape index (κ3) is 5.43. The molecule has 0 radical (unpaired) electrons. The van der Waals surface area contributed by atoms with E-state index >= 15 is 0 Å². The minimum atomic E-state index is -1.10. The normalized spacial score (nSPS) is 14.3. The lowest BCUT2D eigenvalue weighted by Crippen LogP contribution is -2.13. The van der Waals surface area contributed by atoms with Crippen molar-refractivity contribution in [2.24, 2.45) is 0 Å². The van der Waals surface area contributed by atoms with E-state index in [0.29, 0.717) is 23.9 Å². The van der Waals surface area contributed by atoms with Crippen LogP contribution in [0.25, 0.3) is 0 Å². The number of carbonyl (C=O) groups is 2. The predicted octanol–water partition coefficient (Wildman–Crippen LogP) is 3.42. The molecule has 27 heavy (non-hydrogen) atoms. The summed E-state index contributed by atoms with van der Waals surface area (Å²) in [6.45, 7) is -0.488. The molecule has 1 aliphatic carbocycles. The lowest BCUT2D eigenvalue weighted by Gasteiger charge is -2.09. The zero-order valence-electron chi connectivity index (χ0n) is 14.6. The van der Waals surface area contributed by atoms with Gasteiger partial charge in [0.25, 0.3) is 0 Å². The van der Waals surface area contributed by atoms with E-state index in [9.17, 15) is 9.59 Å². The molecule has 1 aliphatic rings. The first-order valence-corrected chi connectivity index (χ1v) is 9.15. The topological polar surface area (TPSA) is 115 Å². The number of nitrogens with zero attached hydrogens (tertiary/aromatic N) is 2. The van der Waals surface area contributed by atoms with Gasteiger partial charge in [-0.1, -0.05) is 29.6 Å². The molecule has 9 heteroatoms. The monoisotopic (exact) mass is 393 g/mol. The van der Waals surface area contributed by atoms with Crippen LogP contribution in [0, 0.1) is 0 Å². The summed E-state index contributed by atoms with van der Waals surface area (Å²) in [5.41, 5.74) is 0.491. The summed E-state index contributed by atoms with van der Waals surface area (Å²) >= 11 is 6.03. The number of hydrogen-bond donors (Lipinski definition) is 2. The minimum Gasteiger partial charge on any atom is -0.480 e. The molecular formula is C18H20ClN3O5. The second kappa shape index (κ2) is 8.85. The lowest BCUT2D eigenvalue weighted by molar-refractivity contribution is -0.139. The van der Waals surface area contributed by atoms with Gasteiger partial charge < -0.3 is 19.7 Å². The van der Waals surface area contributed by atoms with Gasteiger partial charge in [0.2, 0.25) is 11.8 Å². The Kier molecular flexibility index (Phi) is 6.28. The van der Waals surface area contributed by atoms with E-state index in [1.807, 2.05) is 0 Å². The number of rotatable bonds is 8. The summed E-state index contributed by atoms with van der Waals surface area (Å²) in [6, 6.07) is 4.60. The van der Waals surface area contributed by atoms with Crippen LogP contribution < -0.4 is 10.1 Å². The fourth-order valence-electron chi connectivity index (χ4n) is 3.00. The zero-order valence-corrected chi connectivity index (χ0v) is 15.4. The number of aryl methyl sites for hydroxylation is 1. The van der Waals surface area contributed by atoms with Crippen molar-refractivity contribution in [1.29, 1.82) is 0 Å². The highest BCUT2D eigenvalue weighted by molar-refractivity contribution is 6.32. The summed E-state index contributed by atoms with van der Waals surface area (Å²) in [6.07, 6.45) is 5.12. The molecule has 0 saturated heterocycles. The second-order valence-corrected chi connectivity index (χ2v) is 6.81. The number of carboxylic acids is 1. The Labute approximate surface area is 160 Å². The maximum atomic E-state index is 12.1. The Balaban J connectivity index is 1.49. The van der Waals surface area contributed by atoms with E-state index in [-0.39, 0.29) is 23.1 Å². The number of carbonyl (C=O) groups excluding carboxylic acids is 1. The van der Waals surface area contributed by atoms with Crippen LogP contribution >= 0.6 is 11.6 Å². The first kappa shape index (κ1) is 19.2. The van der Waals surface area contributed by atoms with E-state index in [1.54, 1.807) is 6.07 Å². The molecule has 0 aliphatic heterocycles. The van der Waals surface area contributed by atoms with Gasteiger partial charge in [-0.25, -0.2) is 4.79 Å². The third-order valence-corrected chi connectivity index (χ3v) is 4.63. The number of ether oxygens (including phenoxy) is 1. The molecule has 1 fully saturated rings. The highest BCUT2D eigenvalue weighted by Gasteiger charge is 2.22. The maximum absolute atomic E-state index is 12.1. The highest BCUT2D eigenvalue weighted by atomic mass is 35.5. The first-order valence-electron chi connectivity index (χ1n) is 8.78. The summed E-state index contributed by atoms with van der Waals surface area (Å²) in [7, 11) is 0. The summed E-state index contributed by atoms with van der Waals surface area (Å²) in [4.78, 5) is 27.0. The molecule has 2 N–H and O–H groups in total. The number of amides is 1. The number of anilines is 1. The standard InChI is InChI=1S/C18H20ClN3O5/c19-13-9-12(5-6-14(13)26-10-17(24)25)20-15(23)7-8-16-21-18(22-27-16)11-3-1-2-4-11/h5-6,9,11H,1-4,7-8,10H2,(H,20,23)(H,24,25). The molecule has 1 aromatic carbocycles. The van der Waals surface area contributed by atoms with Crippen LogP contribution in [-0.2, 0) is 16.0 Å². The van der Waals surface area contributed by atoms with Crippen LogP contribution in [0.15, 0.2) is 22.7 Å². The maximum Gasteiger partial charge on any atom is 0.341 e. The first-order chi connectivity index (χ1) is 13.0. The van der Waals surface area contributed by atoms with Crippen molar-refractivity contribution in [2.45, 2.75) is 44.4 Å². The molecule has 0 atom stereocenters. The molecule has 1 saturated carbocycles. The van der Waals surface area contributed by atoms with Crippen LogP contribution in [0.2, 0.25) is 5.02 Å². The van der Waals surface area contributed by atoms with Gasteiger partial charge in [-0.3, -0.25) is 4.79 Å². The molecule has 1 aromatic heterocycles. The van der Waals surface area contributed by atoms with Crippen LogP contribution in [0.1, 0.15) is 49.7 Å². The number of halogens is 1. The van der Waals surface area contributed by atoms with Gasteiger partial charge >= 0.3 is 5.97 Å². The smallest absolute Gasteiger partial charge is 0.341 e. The molecule has 0 bridgehead atoms. The fraction of sp³-hybridized carbons (Fsp3) is 0.444. The van der Waals surface area contributed by atoms with Crippen LogP contribution in [-0.4, -0.2) is 33.7 Å². The SMILES string of the molecule is O=C(O)COc1ccc(NC(=O)CCc2nc(C3CCCC3)no2)cc1Cl. The Morgan fingerprint density at radius 2 is 2.11 bits per heavy atom. The summed E-state index contributed by atoms with van der Waals surface area (Å²) in [5, 5.41) is 15.6. The van der Waals surface area contributed by atoms with E-state index < -0.39 is 12.6 Å². The lowest BCUT2D eigenvalue weighted by atomic mass is 10.1. The van der Waals surface area contributed by atoms with Gasteiger partial charge in [-0.05, 0) is 31.0 Å². The summed E-state index contributed by atoms with van der Waals surface area (Å²) in [5.74, 6) is 0.503. The van der Waals surface area contributed by atoms with Crippen molar-refractivity contribution in [3.63, 3.8) is 0 Å². The molecule has 0 spiro atoms. The molecule has 2 aromatic rings. The molecule has 3 rings (SSSR count). The van der Waals surface area contributed by atoms with Gasteiger partial charge in [0.15, 0.2) is 12.4 Å². The summed E-state index contributed by atoms with van der Waals surface area (Å²) < 4.78 is 10.3. The Morgan fingerprint density at radius 1 is 1.33 bits per heavy atom. The van der Waals surface area contributed by atoms with E-state index in [2.05, 4.69) is 15.5 Å². The number of carboxylic acid groups (broad SMARTS) is 1.